The number of rotatable bonds is 4. The van der Waals surface area contributed by atoms with Gasteiger partial charge in [0.2, 0.25) is 0 Å². The Balaban J connectivity index is 1.77. The zero-order valence-corrected chi connectivity index (χ0v) is 12.7. The first-order chi connectivity index (χ1) is 10.1. The molecule has 0 radical (unpaired) electrons. The molecule has 2 N–H and O–H groups in total. The summed E-state index contributed by atoms with van der Waals surface area (Å²) in [5.74, 6) is 0. The maximum Gasteiger partial charge on any atom is 0.301 e. The molecular formula is C14H19N3O3S. The molecule has 3 rings (SSSR count). The minimum absolute atomic E-state index is 0.157. The van der Waals surface area contributed by atoms with E-state index in [1.807, 2.05) is 24.3 Å². The zero-order chi connectivity index (χ0) is 14.9. The number of methoxy groups -OCH3 is 1. The molecule has 2 aromatic rings. The average Bonchev–Trinajstić information content (AvgIpc) is 2.90. The summed E-state index contributed by atoms with van der Waals surface area (Å²) in [5, 5.41) is 0.868. The highest BCUT2D eigenvalue weighted by Crippen LogP contribution is 2.25. The van der Waals surface area contributed by atoms with Gasteiger partial charge in [-0.3, -0.25) is 4.72 Å². The minimum atomic E-state index is -3.52. The first kappa shape index (κ1) is 14.4. The second-order valence-corrected chi connectivity index (χ2v) is 6.86. The summed E-state index contributed by atoms with van der Waals surface area (Å²) in [6.45, 7) is 0.965. The summed E-state index contributed by atoms with van der Waals surface area (Å²) < 4.78 is 34.3. The van der Waals surface area contributed by atoms with Crippen molar-refractivity contribution in [2.24, 2.45) is 0 Å². The number of benzene rings is 1. The van der Waals surface area contributed by atoms with Crippen molar-refractivity contribution in [1.82, 2.24) is 9.29 Å². The highest BCUT2D eigenvalue weighted by Gasteiger charge is 2.28. The van der Waals surface area contributed by atoms with Crippen molar-refractivity contribution in [2.45, 2.75) is 18.9 Å². The predicted octanol–water partition coefficient (Wildman–Crippen LogP) is 1.94. The van der Waals surface area contributed by atoms with Gasteiger partial charge in [0, 0.05) is 37.3 Å². The number of hydrogen-bond acceptors (Lipinski definition) is 3. The fourth-order valence-corrected chi connectivity index (χ4v) is 3.94. The molecule has 1 saturated heterocycles. The Morgan fingerprint density at radius 1 is 1.29 bits per heavy atom. The number of H-pyrrole nitrogens is 1. The molecule has 0 spiro atoms. The van der Waals surface area contributed by atoms with Crippen molar-refractivity contribution in [3.8, 4) is 0 Å². The molecule has 1 fully saturated rings. The van der Waals surface area contributed by atoms with Gasteiger partial charge in [-0.2, -0.15) is 12.7 Å². The molecule has 1 aromatic carbocycles. The van der Waals surface area contributed by atoms with Crippen LogP contribution in [0.5, 0.6) is 0 Å². The molecule has 0 bridgehead atoms. The van der Waals surface area contributed by atoms with Crippen molar-refractivity contribution in [1.29, 1.82) is 0 Å². The largest absolute Gasteiger partial charge is 0.381 e. The van der Waals surface area contributed by atoms with E-state index in [2.05, 4.69) is 9.71 Å². The van der Waals surface area contributed by atoms with Gasteiger partial charge in [0.05, 0.1) is 11.8 Å². The number of nitrogens with one attached hydrogen (secondary N) is 2. The van der Waals surface area contributed by atoms with Crippen LogP contribution < -0.4 is 4.72 Å². The number of ether oxygens (including phenoxy) is 1. The highest BCUT2D eigenvalue weighted by atomic mass is 32.2. The molecule has 114 valence electrons. The molecule has 0 amide bonds. The summed E-state index contributed by atoms with van der Waals surface area (Å²) >= 11 is 0. The first-order valence-electron chi connectivity index (χ1n) is 6.97. The van der Waals surface area contributed by atoms with Gasteiger partial charge in [-0.25, -0.2) is 0 Å². The second-order valence-electron chi connectivity index (χ2n) is 5.19. The number of hydrogen-bond donors (Lipinski definition) is 2. The maximum absolute atomic E-state index is 12.5. The van der Waals surface area contributed by atoms with E-state index in [4.69, 9.17) is 4.74 Å². The van der Waals surface area contributed by atoms with E-state index in [1.54, 1.807) is 13.3 Å². The van der Waals surface area contributed by atoms with Crippen molar-refractivity contribution in [3.63, 3.8) is 0 Å². The van der Waals surface area contributed by atoms with Crippen LogP contribution in [0, 0.1) is 0 Å². The Bertz CT molecular complexity index is 718. The van der Waals surface area contributed by atoms with Gasteiger partial charge in [-0.15, -0.1) is 0 Å². The molecule has 1 aliphatic heterocycles. The fraction of sp³-hybridized carbons (Fsp3) is 0.429. The molecule has 1 aromatic heterocycles. The quantitative estimate of drug-likeness (QED) is 0.906. The normalized spacial score (nSPS) is 18.1. The van der Waals surface area contributed by atoms with Crippen molar-refractivity contribution >= 4 is 26.8 Å². The molecule has 7 heteroatoms. The molecule has 2 heterocycles. The predicted molar refractivity (Wildman–Crippen MR) is 82.4 cm³/mol. The molecule has 0 unspecified atom stereocenters. The van der Waals surface area contributed by atoms with Crippen LogP contribution in [-0.4, -0.2) is 44.0 Å². The summed E-state index contributed by atoms with van der Waals surface area (Å²) in [7, 11) is -1.86. The second kappa shape index (κ2) is 5.67. The Kier molecular flexibility index (Phi) is 3.88. The van der Waals surface area contributed by atoms with E-state index in [-0.39, 0.29) is 6.10 Å². The maximum atomic E-state index is 12.5. The highest BCUT2D eigenvalue weighted by molar-refractivity contribution is 7.90. The van der Waals surface area contributed by atoms with Crippen molar-refractivity contribution in [2.75, 3.05) is 24.9 Å². The van der Waals surface area contributed by atoms with Crippen LogP contribution in [0.1, 0.15) is 12.8 Å². The SMILES string of the molecule is COC1CCN(S(=O)(=O)Nc2c[nH]c3ccccc23)CC1. The lowest BCUT2D eigenvalue weighted by Crippen LogP contribution is -2.43. The number of nitrogens with zero attached hydrogens (tertiary/aromatic N) is 1. The lowest BCUT2D eigenvalue weighted by Gasteiger charge is -2.30. The zero-order valence-electron chi connectivity index (χ0n) is 11.9. The summed E-state index contributed by atoms with van der Waals surface area (Å²) in [6.07, 6.45) is 3.30. The molecule has 0 atom stereocenters. The van der Waals surface area contributed by atoms with E-state index in [9.17, 15) is 8.42 Å². The van der Waals surface area contributed by atoms with Crippen LogP contribution in [0.15, 0.2) is 30.5 Å². The minimum Gasteiger partial charge on any atom is -0.381 e. The van der Waals surface area contributed by atoms with Gasteiger partial charge in [0.1, 0.15) is 0 Å². The number of fused-ring (bicyclic) bond motifs is 1. The smallest absolute Gasteiger partial charge is 0.301 e. The van der Waals surface area contributed by atoms with E-state index in [0.29, 0.717) is 18.8 Å². The Hall–Kier alpha value is -1.57. The summed E-state index contributed by atoms with van der Waals surface area (Å²) in [5.41, 5.74) is 1.49. The Morgan fingerprint density at radius 3 is 2.71 bits per heavy atom. The number of aromatic amines is 1. The lowest BCUT2D eigenvalue weighted by atomic mass is 10.1. The van der Waals surface area contributed by atoms with E-state index in [0.717, 1.165) is 23.7 Å². The molecule has 0 saturated carbocycles. The fourth-order valence-electron chi connectivity index (χ4n) is 2.67. The standard InChI is InChI=1S/C14H19N3O3S/c1-20-11-6-8-17(9-7-11)21(18,19)16-14-10-15-13-5-3-2-4-12(13)14/h2-5,10-11,15-16H,6-9H2,1H3. The lowest BCUT2D eigenvalue weighted by molar-refractivity contribution is 0.0606. The van der Waals surface area contributed by atoms with Crippen LogP contribution in [0.3, 0.4) is 0 Å². The van der Waals surface area contributed by atoms with Crippen molar-refractivity contribution in [3.05, 3.63) is 30.5 Å². The van der Waals surface area contributed by atoms with Crippen LogP contribution in [-0.2, 0) is 14.9 Å². The summed E-state index contributed by atoms with van der Waals surface area (Å²) in [4.78, 5) is 3.06. The van der Waals surface area contributed by atoms with Crippen molar-refractivity contribution < 1.29 is 13.2 Å². The topological polar surface area (TPSA) is 74.4 Å². The van der Waals surface area contributed by atoms with Gasteiger partial charge in [0.15, 0.2) is 0 Å². The monoisotopic (exact) mass is 309 g/mol. The number of piperidine rings is 1. The van der Waals surface area contributed by atoms with E-state index >= 15 is 0 Å². The molecule has 0 aliphatic carbocycles. The van der Waals surface area contributed by atoms with Gasteiger partial charge in [-0.1, -0.05) is 18.2 Å². The van der Waals surface area contributed by atoms with Crippen LogP contribution in [0.4, 0.5) is 5.69 Å². The number of anilines is 1. The Morgan fingerprint density at radius 2 is 2.00 bits per heavy atom. The first-order valence-corrected chi connectivity index (χ1v) is 8.41. The molecule has 6 nitrogen and oxygen atoms in total. The molecule has 21 heavy (non-hydrogen) atoms. The van der Waals surface area contributed by atoms with Crippen LogP contribution >= 0.6 is 0 Å². The van der Waals surface area contributed by atoms with Gasteiger partial charge in [-0.05, 0) is 18.9 Å². The number of para-hydroxylation sites is 1. The summed E-state index contributed by atoms with van der Waals surface area (Å²) in [6, 6.07) is 7.60. The third-order valence-electron chi connectivity index (χ3n) is 3.90. The van der Waals surface area contributed by atoms with E-state index in [1.165, 1.54) is 4.31 Å². The van der Waals surface area contributed by atoms with Crippen LogP contribution in [0.25, 0.3) is 10.9 Å². The Labute approximate surface area is 124 Å². The van der Waals surface area contributed by atoms with Gasteiger partial charge < -0.3 is 9.72 Å². The third kappa shape index (κ3) is 2.90. The van der Waals surface area contributed by atoms with Gasteiger partial charge >= 0.3 is 10.2 Å². The van der Waals surface area contributed by atoms with Crippen LogP contribution in [0.2, 0.25) is 0 Å². The number of aromatic nitrogens is 1. The van der Waals surface area contributed by atoms with E-state index < -0.39 is 10.2 Å². The third-order valence-corrected chi connectivity index (χ3v) is 5.43. The average molecular weight is 309 g/mol. The molecular weight excluding hydrogens is 290 g/mol. The molecule has 1 aliphatic rings. The van der Waals surface area contributed by atoms with Gasteiger partial charge in [0.25, 0.3) is 0 Å².